The largest absolute Gasteiger partial charge is 0.481 e. The molecule has 0 spiro atoms. The number of carboxylic acid groups (broad SMARTS) is 1. The first-order valence-corrected chi connectivity index (χ1v) is 7.86. The SMILES string of the molecule is CCCCC(CCC)NC(=O)N1CCC(C(=O)O)CC1. The van der Waals surface area contributed by atoms with Gasteiger partial charge in [0.1, 0.15) is 0 Å². The average Bonchev–Trinajstić information content (AvgIpc) is 2.45. The van der Waals surface area contributed by atoms with Crippen molar-refractivity contribution in [1.82, 2.24) is 10.2 Å². The molecule has 1 saturated heterocycles. The molecule has 1 unspecified atom stereocenters. The Bertz CT molecular complexity index is 312. The van der Waals surface area contributed by atoms with Crippen LogP contribution in [0.3, 0.4) is 0 Å². The third-order valence-corrected chi connectivity index (χ3v) is 4.00. The Morgan fingerprint density at radius 3 is 2.35 bits per heavy atom. The zero-order valence-electron chi connectivity index (χ0n) is 12.7. The van der Waals surface area contributed by atoms with E-state index in [1.807, 2.05) is 0 Å². The van der Waals surface area contributed by atoms with Crippen LogP contribution in [-0.4, -0.2) is 41.1 Å². The molecule has 0 aromatic carbocycles. The molecule has 0 bridgehead atoms. The Morgan fingerprint density at radius 1 is 1.20 bits per heavy atom. The van der Waals surface area contributed by atoms with Gasteiger partial charge in [0, 0.05) is 19.1 Å². The van der Waals surface area contributed by atoms with Crippen molar-refractivity contribution >= 4 is 12.0 Å². The molecule has 5 nitrogen and oxygen atoms in total. The number of hydrogen-bond donors (Lipinski definition) is 2. The van der Waals surface area contributed by atoms with E-state index in [-0.39, 0.29) is 18.0 Å². The van der Waals surface area contributed by atoms with Crippen molar-refractivity contribution < 1.29 is 14.7 Å². The third kappa shape index (κ3) is 5.39. The molecule has 5 heteroatoms. The van der Waals surface area contributed by atoms with Crippen molar-refractivity contribution in [1.29, 1.82) is 0 Å². The molecule has 2 N–H and O–H groups in total. The van der Waals surface area contributed by atoms with E-state index >= 15 is 0 Å². The number of rotatable bonds is 7. The molecule has 0 aliphatic carbocycles. The number of unbranched alkanes of at least 4 members (excludes halogenated alkanes) is 1. The summed E-state index contributed by atoms with van der Waals surface area (Å²) in [5.41, 5.74) is 0. The van der Waals surface area contributed by atoms with Crippen LogP contribution in [-0.2, 0) is 4.79 Å². The predicted molar refractivity (Wildman–Crippen MR) is 78.7 cm³/mol. The maximum Gasteiger partial charge on any atom is 0.317 e. The first-order chi connectivity index (χ1) is 9.58. The van der Waals surface area contributed by atoms with Gasteiger partial charge in [-0.1, -0.05) is 33.1 Å². The minimum absolute atomic E-state index is 0.0246. The lowest BCUT2D eigenvalue weighted by Crippen LogP contribution is -2.48. The van der Waals surface area contributed by atoms with Crippen molar-refractivity contribution in [2.75, 3.05) is 13.1 Å². The third-order valence-electron chi connectivity index (χ3n) is 4.00. The number of amides is 2. The van der Waals surface area contributed by atoms with Crippen LogP contribution in [0.5, 0.6) is 0 Å². The molecule has 0 aromatic rings. The number of piperidine rings is 1. The van der Waals surface area contributed by atoms with E-state index in [1.165, 1.54) is 0 Å². The number of aliphatic carboxylic acids is 1. The molecular formula is C15H28N2O3. The molecule has 0 radical (unpaired) electrons. The van der Waals surface area contributed by atoms with Gasteiger partial charge in [-0.2, -0.15) is 0 Å². The summed E-state index contributed by atoms with van der Waals surface area (Å²) in [5, 5.41) is 12.1. The highest BCUT2D eigenvalue weighted by Crippen LogP contribution is 2.17. The molecule has 20 heavy (non-hydrogen) atoms. The Balaban J connectivity index is 2.39. The second kappa shape index (κ2) is 8.82. The summed E-state index contributed by atoms with van der Waals surface area (Å²) in [4.78, 5) is 24.8. The van der Waals surface area contributed by atoms with Gasteiger partial charge in [0.25, 0.3) is 0 Å². The Kier molecular flexibility index (Phi) is 7.41. The highest BCUT2D eigenvalue weighted by Gasteiger charge is 2.27. The first-order valence-electron chi connectivity index (χ1n) is 7.86. The number of carbonyl (C=O) groups excluding carboxylic acids is 1. The lowest BCUT2D eigenvalue weighted by molar-refractivity contribution is -0.143. The minimum atomic E-state index is -0.739. The van der Waals surface area contributed by atoms with Gasteiger partial charge in [-0.05, 0) is 25.7 Å². The van der Waals surface area contributed by atoms with Crippen LogP contribution < -0.4 is 5.32 Å². The molecule has 1 aliphatic rings. The van der Waals surface area contributed by atoms with Gasteiger partial charge < -0.3 is 15.3 Å². The zero-order chi connectivity index (χ0) is 15.0. The normalized spacial score (nSPS) is 17.8. The standard InChI is InChI=1S/C15H28N2O3/c1-3-5-7-13(6-4-2)16-15(20)17-10-8-12(9-11-17)14(18)19/h12-13H,3-11H2,1-2H3,(H,16,20)(H,18,19). The minimum Gasteiger partial charge on any atom is -0.481 e. The van der Waals surface area contributed by atoms with Crippen LogP contribution in [0.1, 0.15) is 58.8 Å². The van der Waals surface area contributed by atoms with Crippen LogP contribution in [0.4, 0.5) is 4.79 Å². The number of urea groups is 1. The van der Waals surface area contributed by atoms with Gasteiger partial charge in [-0.15, -0.1) is 0 Å². The number of carboxylic acids is 1. The fourth-order valence-electron chi connectivity index (χ4n) is 2.68. The predicted octanol–water partition coefficient (Wildman–Crippen LogP) is 2.85. The molecule has 0 aromatic heterocycles. The van der Waals surface area contributed by atoms with Gasteiger partial charge in [-0.25, -0.2) is 4.79 Å². The fraction of sp³-hybridized carbons (Fsp3) is 0.867. The molecule has 1 heterocycles. The first kappa shape index (κ1) is 16.8. The van der Waals surface area contributed by atoms with Crippen LogP contribution >= 0.6 is 0 Å². The van der Waals surface area contributed by atoms with E-state index < -0.39 is 5.97 Å². The van der Waals surface area contributed by atoms with Gasteiger partial charge >= 0.3 is 12.0 Å². The van der Waals surface area contributed by atoms with Gasteiger partial charge in [0.2, 0.25) is 0 Å². The zero-order valence-corrected chi connectivity index (χ0v) is 12.7. The molecule has 0 saturated carbocycles. The van der Waals surface area contributed by atoms with Crippen molar-refractivity contribution in [3.8, 4) is 0 Å². The summed E-state index contributed by atoms with van der Waals surface area (Å²) >= 11 is 0. The maximum absolute atomic E-state index is 12.2. The Hall–Kier alpha value is -1.26. The summed E-state index contributed by atoms with van der Waals surface area (Å²) in [6.07, 6.45) is 6.51. The van der Waals surface area contributed by atoms with E-state index in [0.717, 1.165) is 32.1 Å². The maximum atomic E-state index is 12.2. The summed E-state index contributed by atoms with van der Waals surface area (Å²) in [6, 6.07) is 0.230. The topological polar surface area (TPSA) is 69.6 Å². The van der Waals surface area contributed by atoms with E-state index in [1.54, 1.807) is 4.90 Å². The summed E-state index contributed by atoms with van der Waals surface area (Å²) in [5.74, 6) is -1.03. The highest BCUT2D eigenvalue weighted by atomic mass is 16.4. The molecular weight excluding hydrogens is 256 g/mol. The highest BCUT2D eigenvalue weighted by molar-refractivity contribution is 5.75. The summed E-state index contributed by atoms with van der Waals surface area (Å²) < 4.78 is 0. The molecule has 1 atom stereocenters. The lowest BCUT2D eigenvalue weighted by Gasteiger charge is -2.31. The number of nitrogens with zero attached hydrogens (tertiary/aromatic N) is 1. The molecule has 2 amide bonds. The smallest absolute Gasteiger partial charge is 0.317 e. The Morgan fingerprint density at radius 2 is 1.85 bits per heavy atom. The number of carbonyl (C=O) groups is 2. The Labute approximate surface area is 121 Å². The monoisotopic (exact) mass is 284 g/mol. The van der Waals surface area contributed by atoms with E-state index in [0.29, 0.717) is 25.9 Å². The van der Waals surface area contributed by atoms with Crippen LogP contribution in [0.15, 0.2) is 0 Å². The number of nitrogens with one attached hydrogen (secondary N) is 1. The van der Waals surface area contributed by atoms with Crippen LogP contribution in [0.25, 0.3) is 0 Å². The lowest BCUT2D eigenvalue weighted by atomic mass is 9.97. The van der Waals surface area contributed by atoms with E-state index in [2.05, 4.69) is 19.2 Å². The quantitative estimate of drug-likeness (QED) is 0.755. The van der Waals surface area contributed by atoms with Crippen LogP contribution in [0, 0.1) is 5.92 Å². The van der Waals surface area contributed by atoms with Gasteiger partial charge in [0.05, 0.1) is 5.92 Å². The average molecular weight is 284 g/mol. The second-order valence-corrected chi connectivity index (χ2v) is 5.68. The number of likely N-dealkylation sites (tertiary alicyclic amines) is 1. The van der Waals surface area contributed by atoms with Crippen LogP contribution in [0.2, 0.25) is 0 Å². The van der Waals surface area contributed by atoms with Crippen molar-refractivity contribution in [2.45, 2.75) is 64.8 Å². The van der Waals surface area contributed by atoms with Gasteiger partial charge in [0.15, 0.2) is 0 Å². The fourth-order valence-corrected chi connectivity index (χ4v) is 2.68. The molecule has 1 fully saturated rings. The van der Waals surface area contributed by atoms with E-state index in [4.69, 9.17) is 5.11 Å². The van der Waals surface area contributed by atoms with Crippen molar-refractivity contribution in [3.05, 3.63) is 0 Å². The van der Waals surface area contributed by atoms with E-state index in [9.17, 15) is 9.59 Å². The van der Waals surface area contributed by atoms with Gasteiger partial charge in [-0.3, -0.25) is 4.79 Å². The summed E-state index contributed by atoms with van der Waals surface area (Å²) in [6.45, 7) is 5.38. The molecule has 1 aliphatic heterocycles. The van der Waals surface area contributed by atoms with Crippen molar-refractivity contribution in [2.24, 2.45) is 5.92 Å². The molecule has 1 rings (SSSR count). The van der Waals surface area contributed by atoms with Crippen molar-refractivity contribution in [3.63, 3.8) is 0 Å². The summed E-state index contributed by atoms with van der Waals surface area (Å²) in [7, 11) is 0. The molecule has 116 valence electrons. The second-order valence-electron chi connectivity index (χ2n) is 5.68. The number of hydrogen-bond acceptors (Lipinski definition) is 2.